The predicted octanol–water partition coefficient (Wildman–Crippen LogP) is 2.13. The SMILES string of the molecule is CCOC(=O)C(C(=O)OCC)C(c1ccc(C#N)cc1)C(C(=O)OCC)C(=O)OCC. The summed E-state index contributed by atoms with van der Waals surface area (Å²) in [7, 11) is 0. The summed E-state index contributed by atoms with van der Waals surface area (Å²) >= 11 is 0. The van der Waals surface area contributed by atoms with Crippen LogP contribution in [0.4, 0.5) is 0 Å². The van der Waals surface area contributed by atoms with Crippen LogP contribution in [0.3, 0.4) is 0 Å². The van der Waals surface area contributed by atoms with Gasteiger partial charge in [0, 0.05) is 5.92 Å². The van der Waals surface area contributed by atoms with E-state index in [9.17, 15) is 19.2 Å². The first-order chi connectivity index (χ1) is 14.9. The fourth-order valence-electron chi connectivity index (χ4n) is 3.06. The molecule has 0 radical (unpaired) electrons. The molecule has 9 nitrogen and oxygen atoms in total. The second-order valence-corrected chi connectivity index (χ2v) is 6.22. The molecule has 1 aromatic rings. The van der Waals surface area contributed by atoms with Gasteiger partial charge in [0.2, 0.25) is 0 Å². The highest BCUT2D eigenvalue weighted by Gasteiger charge is 2.49. The van der Waals surface area contributed by atoms with Crippen LogP contribution in [0.5, 0.6) is 0 Å². The monoisotopic (exact) mass is 433 g/mol. The predicted molar refractivity (Wildman–Crippen MR) is 107 cm³/mol. The van der Waals surface area contributed by atoms with Gasteiger partial charge < -0.3 is 18.9 Å². The third-order valence-electron chi connectivity index (χ3n) is 4.31. The van der Waals surface area contributed by atoms with Crippen molar-refractivity contribution < 1.29 is 38.1 Å². The number of ether oxygens (including phenoxy) is 4. The van der Waals surface area contributed by atoms with Crippen molar-refractivity contribution in [3.8, 4) is 6.07 Å². The molecule has 0 saturated carbocycles. The summed E-state index contributed by atoms with van der Waals surface area (Å²) in [6.07, 6.45) is 0. The Hall–Kier alpha value is -3.41. The molecule has 1 aromatic carbocycles. The Morgan fingerprint density at radius 1 is 0.710 bits per heavy atom. The minimum Gasteiger partial charge on any atom is -0.465 e. The topological polar surface area (TPSA) is 129 Å². The molecule has 0 atom stereocenters. The molecule has 9 heteroatoms. The third kappa shape index (κ3) is 6.81. The molecule has 0 heterocycles. The van der Waals surface area contributed by atoms with Crippen molar-refractivity contribution in [2.45, 2.75) is 33.6 Å². The second kappa shape index (κ2) is 13.0. The van der Waals surface area contributed by atoms with E-state index in [2.05, 4.69) is 0 Å². The van der Waals surface area contributed by atoms with Crippen molar-refractivity contribution >= 4 is 23.9 Å². The third-order valence-corrected chi connectivity index (χ3v) is 4.31. The van der Waals surface area contributed by atoms with Crippen LogP contribution >= 0.6 is 0 Å². The normalized spacial score (nSPS) is 10.5. The number of hydrogen-bond acceptors (Lipinski definition) is 9. The summed E-state index contributed by atoms with van der Waals surface area (Å²) in [6, 6.07) is 7.77. The molecular formula is C22H27NO8. The van der Waals surface area contributed by atoms with Crippen molar-refractivity contribution in [1.82, 2.24) is 0 Å². The van der Waals surface area contributed by atoms with Crippen molar-refractivity contribution in [3.63, 3.8) is 0 Å². The number of carbonyl (C=O) groups is 4. The van der Waals surface area contributed by atoms with Gasteiger partial charge in [0.05, 0.1) is 38.1 Å². The van der Waals surface area contributed by atoms with E-state index < -0.39 is 41.6 Å². The van der Waals surface area contributed by atoms with Gasteiger partial charge in [-0.15, -0.1) is 0 Å². The van der Waals surface area contributed by atoms with Crippen LogP contribution in [0.15, 0.2) is 24.3 Å². The molecule has 0 amide bonds. The second-order valence-electron chi connectivity index (χ2n) is 6.22. The average molecular weight is 433 g/mol. The maximum atomic E-state index is 12.8. The van der Waals surface area contributed by atoms with Crippen LogP contribution < -0.4 is 0 Å². The molecule has 31 heavy (non-hydrogen) atoms. The van der Waals surface area contributed by atoms with Crippen molar-refractivity contribution in [1.29, 1.82) is 5.26 Å². The van der Waals surface area contributed by atoms with E-state index in [-0.39, 0.29) is 32.0 Å². The van der Waals surface area contributed by atoms with E-state index in [1.54, 1.807) is 27.7 Å². The van der Waals surface area contributed by atoms with Crippen LogP contribution in [-0.2, 0) is 38.1 Å². The number of nitrogens with zero attached hydrogens (tertiary/aromatic N) is 1. The van der Waals surface area contributed by atoms with E-state index in [4.69, 9.17) is 24.2 Å². The number of nitriles is 1. The zero-order valence-electron chi connectivity index (χ0n) is 18.1. The number of esters is 4. The molecule has 0 aliphatic carbocycles. The Balaban J connectivity index is 3.72. The Morgan fingerprint density at radius 2 is 1.03 bits per heavy atom. The highest BCUT2D eigenvalue weighted by Crippen LogP contribution is 2.36. The average Bonchev–Trinajstić information content (AvgIpc) is 2.74. The number of hydrogen-bond donors (Lipinski definition) is 0. The number of carbonyl (C=O) groups excluding carboxylic acids is 4. The van der Waals surface area contributed by atoms with Gasteiger partial charge in [0.1, 0.15) is 0 Å². The lowest BCUT2D eigenvalue weighted by Crippen LogP contribution is -2.43. The molecule has 0 unspecified atom stereocenters. The van der Waals surface area contributed by atoms with E-state index in [0.717, 1.165) is 0 Å². The van der Waals surface area contributed by atoms with Gasteiger partial charge in [-0.1, -0.05) is 12.1 Å². The molecule has 0 N–H and O–H groups in total. The first-order valence-corrected chi connectivity index (χ1v) is 10.0. The highest BCUT2D eigenvalue weighted by molar-refractivity contribution is 6.01. The first-order valence-electron chi connectivity index (χ1n) is 10.0. The Bertz CT molecular complexity index is 736. The quantitative estimate of drug-likeness (QED) is 0.293. The summed E-state index contributed by atoms with van der Waals surface area (Å²) in [5, 5.41) is 9.07. The van der Waals surface area contributed by atoms with E-state index >= 15 is 0 Å². The first kappa shape index (κ1) is 25.6. The molecule has 0 aromatic heterocycles. The lowest BCUT2D eigenvalue weighted by Gasteiger charge is -2.29. The molecule has 0 bridgehead atoms. The molecule has 0 fully saturated rings. The summed E-state index contributed by atoms with van der Waals surface area (Å²) in [6.45, 7) is 6.12. The van der Waals surface area contributed by atoms with E-state index in [0.29, 0.717) is 5.56 Å². The smallest absolute Gasteiger partial charge is 0.320 e. The van der Waals surface area contributed by atoms with Gasteiger partial charge in [0.15, 0.2) is 11.8 Å². The van der Waals surface area contributed by atoms with Gasteiger partial charge in [-0.3, -0.25) is 19.2 Å². The van der Waals surface area contributed by atoms with Crippen molar-refractivity contribution in [2.75, 3.05) is 26.4 Å². The summed E-state index contributed by atoms with van der Waals surface area (Å²) < 4.78 is 20.2. The molecule has 0 aliphatic rings. The maximum Gasteiger partial charge on any atom is 0.320 e. The van der Waals surface area contributed by atoms with Crippen LogP contribution in [-0.4, -0.2) is 50.3 Å². The van der Waals surface area contributed by atoms with Crippen LogP contribution in [0.1, 0.15) is 44.7 Å². The highest BCUT2D eigenvalue weighted by atomic mass is 16.6. The van der Waals surface area contributed by atoms with Gasteiger partial charge in [-0.25, -0.2) is 0 Å². The summed E-state index contributed by atoms with van der Waals surface area (Å²) in [5.41, 5.74) is 0.589. The Morgan fingerprint density at radius 3 is 1.29 bits per heavy atom. The van der Waals surface area contributed by atoms with E-state index in [1.165, 1.54) is 24.3 Å². The summed E-state index contributed by atoms with van der Waals surface area (Å²) in [4.78, 5) is 51.1. The van der Waals surface area contributed by atoms with Crippen LogP contribution in [0.25, 0.3) is 0 Å². The zero-order valence-corrected chi connectivity index (χ0v) is 18.1. The fraction of sp³-hybridized carbons (Fsp3) is 0.500. The Kier molecular flexibility index (Phi) is 10.8. The van der Waals surface area contributed by atoms with Gasteiger partial charge in [-0.05, 0) is 45.4 Å². The maximum absolute atomic E-state index is 12.8. The van der Waals surface area contributed by atoms with Gasteiger partial charge >= 0.3 is 23.9 Å². The Labute approximate surface area is 181 Å². The fourth-order valence-corrected chi connectivity index (χ4v) is 3.06. The van der Waals surface area contributed by atoms with Gasteiger partial charge in [-0.2, -0.15) is 5.26 Å². The molecule has 1 rings (SSSR count). The summed E-state index contributed by atoms with van der Waals surface area (Å²) in [5.74, 6) is -8.40. The van der Waals surface area contributed by atoms with Crippen molar-refractivity contribution in [3.05, 3.63) is 35.4 Å². The lowest BCUT2D eigenvalue weighted by atomic mass is 9.76. The van der Waals surface area contributed by atoms with Crippen LogP contribution in [0, 0.1) is 23.2 Å². The van der Waals surface area contributed by atoms with E-state index in [1.807, 2.05) is 6.07 Å². The molecule has 0 spiro atoms. The minimum absolute atomic E-state index is 0.0295. The molecule has 0 aliphatic heterocycles. The number of benzene rings is 1. The molecule has 168 valence electrons. The molecule has 0 saturated heterocycles. The van der Waals surface area contributed by atoms with Crippen molar-refractivity contribution in [2.24, 2.45) is 11.8 Å². The lowest BCUT2D eigenvalue weighted by molar-refractivity contribution is -0.169. The largest absolute Gasteiger partial charge is 0.465 e. The van der Waals surface area contributed by atoms with Gasteiger partial charge in [0.25, 0.3) is 0 Å². The van der Waals surface area contributed by atoms with Crippen LogP contribution in [0.2, 0.25) is 0 Å². The minimum atomic E-state index is -1.63. The standard InChI is InChI=1S/C22H27NO8/c1-5-28-19(24)17(20(25)29-6-2)16(15-11-9-14(13-23)10-12-15)18(21(26)30-7-3)22(27)31-8-4/h9-12,16-18H,5-8H2,1-4H3. The zero-order chi connectivity index (χ0) is 23.4. The number of rotatable bonds is 11. The molecular weight excluding hydrogens is 406 g/mol.